The van der Waals surface area contributed by atoms with E-state index in [1.54, 1.807) is 25.3 Å². The average molecular weight is 183 g/mol. The van der Waals surface area contributed by atoms with Crippen molar-refractivity contribution in [2.75, 3.05) is 21.0 Å². The Hall–Kier alpha value is -1.42. The van der Waals surface area contributed by atoms with Crippen LogP contribution in [-0.4, -0.2) is 21.0 Å². The third-order valence-corrected chi connectivity index (χ3v) is 1.59. The zero-order valence-electron chi connectivity index (χ0n) is 7.57. The van der Waals surface area contributed by atoms with Crippen LogP contribution in [0.25, 0.3) is 0 Å². The minimum atomic E-state index is -0.635. The highest BCUT2D eigenvalue weighted by molar-refractivity contribution is 5.45. The van der Waals surface area contributed by atoms with E-state index in [-0.39, 0.29) is 0 Å². The van der Waals surface area contributed by atoms with Gasteiger partial charge in [-0.25, -0.2) is 0 Å². The lowest BCUT2D eigenvalue weighted by Crippen LogP contribution is -1.96. The second-order valence-corrected chi connectivity index (χ2v) is 2.28. The summed E-state index contributed by atoms with van der Waals surface area (Å²) in [4.78, 5) is 0. The van der Waals surface area contributed by atoms with Crippen LogP contribution < -0.4 is 14.2 Å². The molecule has 71 valence electrons. The molecule has 1 aromatic carbocycles. The highest BCUT2D eigenvalue weighted by Crippen LogP contribution is 2.30. The maximum Gasteiger partial charge on any atom is 0.221 e. The normalized spacial score (nSPS) is 9.46. The molecule has 0 unspecified atom stereocenters. The Labute approximate surface area is 76.7 Å². The molecule has 13 heavy (non-hydrogen) atoms. The van der Waals surface area contributed by atoms with Gasteiger partial charge in [0.1, 0.15) is 5.75 Å². The van der Waals surface area contributed by atoms with Gasteiger partial charge in [0.2, 0.25) is 6.79 Å². The van der Waals surface area contributed by atoms with Crippen LogP contribution in [0.1, 0.15) is 0 Å². The van der Waals surface area contributed by atoms with E-state index in [0.717, 1.165) is 0 Å². The Morgan fingerprint density at radius 1 is 1.15 bits per heavy atom. The largest absolute Gasteiger partial charge is 0.497 e. The van der Waals surface area contributed by atoms with Crippen molar-refractivity contribution in [3.8, 4) is 17.2 Å². The molecule has 0 aliphatic heterocycles. The second-order valence-electron chi connectivity index (χ2n) is 2.28. The molecule has 1 rings (SSSR count). The van der Waals surface area contributed by atoms with Gasteiger partial charge in [-0.05, 0) is 12.1 Å². The molecule has 0 atom stereocenters. The number of hydrogen-bond donors (Lipinski definition) is 0. The van der Waals surface area contributed by atoms with E-state index >= 15 is 0 Å². The van der Waals surface area contributed by atoms with Gasteiger partial charge in [-0.15, -0.1) is 0 Å². The molecule has 0 spiro atoms. The maximum absolute atomic E-state index is 10.2. The van der Waals surface area contributed by atoms with Crippen molar-refractivity contribution < 1.29 is 19.3 Å². The average Bonchev–Trinajstić information content (AvgIpc) is 2.18. The SMILES string of the molecule is COc1ccc(OC)c(OC[O])c1. The van der Waals surface area contributed by atoms with Crippen LogP contribution in [0, 0.1) is 0 Å². The zero-order valence-corrected chi connectivity index (χ0v) is 7.57. The van der Waals surface area contributed by atoms with Crippen molar-refractivity contribution in [2.24, 2.45) is 0 Å². The summed E-state index contributed by atoms with van der Waals surface area (Å²) in [5.74, 6) is 1.55. The summed E-state index contributed by atoms with van der Waals surface area (Å²) in [6, 6.07) is 5.02. The first-order valence-corrected chi connectivity index (χ1v) is 3.74. The molecule has 0 fully saturated rings. The minimum absolute atomic E-state index is 0.400. The van der Waals surface area contributed by atoms with Crippen molar-refractivity contribution in [3.63, 3.8) is 0 Å². The number of methoxy groups -OCH3 is 2. The maximum atomic E-state index is 10.2. The summed E-state index contributed by atoms with van der Waals surface area (Å²) >= 11 is 0. The van der Waals surface area contributed by atoms with Gasteiger partial charge in [-0.1, -0.05) is 0 Å². The summed E-state index contributed by atoms with van der Waals surface area (Å²) in [5, 5.41) is 10.2. The van der Waals surface area contributed by atoms with Crippen LogP contribution >= 0.6 is 0 Å². The van der Waals surface area contributed by atoms with E-state index in [1.165, 1.54) is 7.11 Å². The molecular weight excluding hydrogens is 172 g/mol. The molecule has 0 aliphatic carbocycles. The van der Waals surface area contributed by atoms with Gasteiger partial charge in [0.25, 0.3) is 0 Å². The van der Waals surface area contributed by atoms with Gasteiger partial charge in [-0.3, -0.25) is 0 Å². The highest BCUT2D eigenvalue weighted by Gasteiger charge is 2.05. The number of benzene rings is 1. The molecule has 0 aliphatic rings. The van der Waals surface area contributed by atoms with Gasteiger partial charge < -0.3 is 14.2 Å². The van der Waals surface area contributed by atoms with Crippen LogP contribution in [0.15, 0.2) is 18.2 Å². The van der Waals surface area contributed by atoms with E-state index in [4.69, 9.17) is 14.2 Å². The Bertz CT molecular complexity index is 272. The Kier molecular flexibility index (Phi) is 3.40. The van der Waals surface area contributed by atoms with Crippen LogP contribution in [-0.2, 0) is 5.11 Å². The summed E-state index contributed by atoms with van der Waals surface area (Å²) in [5.41, 5.74) is 0. The summed E-state index contributed by atoms with van der Waals surface area (Å²) in [6.07, 6.45) is 0. The molecule has 1 radical (unpaired) electrons. The third-order valence-electron chi connectivity index (χ3n) is 1.59. The van der Waals surface area contributed by atoms with E-state index in [0.29, 0.717) is 17.2 Å². The molecule has 1 aromatic rings. The molecular formula is C9H11O4. The summed E-state index contributed by atoms with van der Waals surface area (Å²) in [7, 11) is 3.06. The molecule has 0 bridgehead atoms. The predicted octanol–water partition coefficient (Wildman–Crippen LogP) is 1.47. The number of hydrogen-bond acceptors (Lipinski definition) is 3. The highest BCUT2D eigenvalue weighted by atomic mass is 16.6. The van der Waals surface area contributed by atoms with Gasteiger partial charge in [0.15, 0.2) is 11.5 Å². The lowest BCUT2D eigenvalue weighted by atomic mass is 10.3. The predicted molar refractivity (Wildman–Crippen MR) is 45.7 cm³/mol. The fourth-order valence-electron chi connectivity index (χ4n) is 0.960. The van der Waals surface area contributed by atoms with Crippen molar-refractivity contribution in [1.29, 1.82) is 0 Å². The molecule has 4 nitrogen and oxygen atoms in total. The standard InChI is InChI=1S/C9H11O4/c1-11-7-3-4-8(12-2)9(5-7)13-6-10/h3-5H,6H2,1-2H3. The fraction of sp³-hybridized carbons (Fsp3) is 0.333. The van der Waals surface area contributed by atoms with E-state index in [1.807, 2.05) is 0 Å². The first-order chi connectivity index (χ1) is 6.31. The lowest BCUT2D eigenvalue weighted by Gasteiger charge is -2.09. The smallest absolute Gasteiger partial charge is 0.221 e. The molecule has 0 amide bonds. The van der Waals surface area contributed by atoms with E-state index < -0.39 is 6.79 Å². The molecule has 4 heteroatoms. The van der Waals surface area contributed by atoms with E-state index in [2.05, 4.69) is 0 Å². The molecule has 0 saturated heterocycles. The lowest BCUT2D eigenvalue weighted by molar-refractivity contribution is 0.0356. The number of ether oxygens (including phenoxy) is 3. The van der Waals surface area contributed by atoms with Gasteiger partial charge in [-0.2, -0.15) is 5.11 Å². The van der Waals surface area contributed by atoms with Crippen molar-refractivity contribution in [1.82, 2.24) is 0 Å². The molecule has 0 aromatic heterocycles. The van der Waals surface area contributed by atoms with Crippen molar-refractivity contribution >= 4 is 0 Å². The zero-order chi connectivity index (χ0) is 9.68. The fourth-order valence-corrected chi connectivity index (χ4v) is 0.960. The van der Waals surface area contributed by atoms with Crippen LogP contribution in [0.4, 0.5) is 0 Å². The van der Waals surface area contributed by atoms with Crippen LogP contribution in [0.2, 0.25) is 0 Å². The van der Waals surface area contributed by atoms with Crippen LogP contribution in [0.5, 0.6) is 17.2 Å². The van der Waals surface area contributed by atoms with Gasteiger partial charge in [0, 0.05) is 6.07 Å². The van der Waals surface area contributed by atoms with Crippen molar-refractivity contribution in [3.05, 3.63) is 18.2 Å². The minimum Gasteiger partial charge on any atom is -0.497 e. The second kappa shape index (κ2) is 4.57. The number of rotatable bonds is 4. The van der Waals surface area contributed by atoms with Gasteiger partial charge >= 0.3 is 0 Å². The topological polar surface area (TPSA) is 47.6 Å². The Balaban J connectivity index is 2.95. The monoisotopic (exact) mass is 183 g/mol. The summed E-state index contributed by atoms with van der Waals surface area (Å²) in [6.45, 7) is -0.635. The van der Waals surface area contributed by atoms with E-state index in [9.17, 15) is 5.11 Å². The Morgan fingerprint density at radius 2 is 1.92 bits per heavy atom. The van der Waals surface area contributed by atoms with Crippen molar-refractivity contribution in [2.45, 2.75) is 0 Å². The first kappa shape index (κ1) is 9.67. The molecule has 0 saturated carbocycles. The summed E-state index contributed by atoms with van der Waals surface area (Å²) < 4.78 is 14.8. The van der Waals surface area contributed by atoms with Crippen LogP contribution in [0.3, 0.4) is 0 Å². The quantitative estimate of drug-likeness (QED) is 0.664. The third kappa shape index (κ3) is 2.26. The molecule has 0 N–H and O–H groups in total. The first-order valence-electron chi connectivity index (χ1n) is 3.74. The van der Waals surface area contributed by atoms with Gasteiger partial charge in [0.05, 0.1) is 14.2 Å². The Morgan fingerprint density at radius 3 is 2.46 bits per heavy atom. The molecule has 0 heterocycles.